The van der Waals surface area contributed by atoms with Gasteiger partial charge in [0.15, 0.2) is 5.82 Å². The van der Waals surface area contributed by atoms with E-state index in [0.717, 1.165) is 18.9 Å². The van der Waals surface area contributed by atoms with Gasteiger partial charge in [-0.2, -0.15) is 5.10 Å². The summed E-state index contributed by atoms with van der Waals surface area (Å²) in [6, 6.07) is 7.77. The van der Waals surface area contributed by atoms with E-state index in [0.29, 0.717) is 41.5 Å². The van der Waals surface area contributed by atoms with Gasteiger partial charge in [0, 0.05) is 30.7 Å². The number of hydrogen-bond donors (Lipinski definition) is 1. The zero-order chi connectivity index (χ0) is 28.6. The Morgan fingerprint density at radius 1 is 1.07 bits per heavy atom. The molecule has 1 N–H and O–H groups in total. The van der Waals surface area contributed by atoms with Crippen LogP contribution in [0.2, 0.25) is 0 Å². The largest absolute Gasteiger partial charge is 0.573 e. The molecule has 2 atom stereocenters. The first-order valence-corrected chi connectivity index (χ1v) is 12.6. The number of aliphatic carboxylic acids is 1. The quantitative estimate of drug-likeness (QED) is 0.267. The van der Waals surface area contributed by atoms with Gasteiger partial charge in [-0.05, 0) is 31.0 Å². The summed E-state index contributed by atoms with van der Waals surface area (Å²) in [7, 11) is 1.58. The van der Waals surface area contributed by atoms with Crippen LogP contribution >= 0.6 is 0 Å². The van der Waals surface area contributed by atoms with Crippen LogP contribution in [0.25, 0.3) is 11.0 Å². The molecule has 0 saturated heterocycles. The van der Waals surface area contributed by atoms with E-state index in [1.165, 1.54) is 16.9 Å². The number of aromatic nitrogens is 4. The van der Waals surface area contributed by atoms with E-state index in [2.05, 4.69) is 9.84 Å². The van der Waals surface area contributed by atoms with Gasteiger partial charge in [-0.3, -0.25) is 9.48 Å². The number of carbonyl (C=O) groups is 1. The van der Waals surface area contributed by atoms with Crippen molar-refractivity contribution in [1.29, 1.82) is 0 Å². The molecule has 8 nitrogen and oxygen atoms in total. The van der Waals surface area contributed by atoms with Crippen LogP contribution in [0.4, 0.5) is 22.0 Å². The van der Waals surface area contributed by atoms with Gasteiger partial charge in [-0.1, -0.05) is 18.9 Å². The highest BCUT2D eigenvalue weighted by Crippen LogP contribution is 2.40. The van der Waals surface area contributed by atoms with Gasteiger partial charge in [0.25, 0.3) is 0 Å². The summed E-state index contributed by atoms with van der Waals surface area (Å²) < 4.78 is 79.4. The van der Waals surface area contributed by atoms with Gasteiger partial charge in [0.2, 0.25) is 0 Å². The number of rotatable bonds is 8. The highest BCUT2D eigenvalue weighted by atomic mass is 19.4. The van der Waals surface area contributed by atoms with Crippen molar-refractivity contribution in [2.24, 2.45) is 13.0 Å². The molecule has 1 aliphatic carbocycles. The maximum absolute atomic E-state index is 15.0. The molecule has 4 aromatic rings. The average molecular weight is 565 g/mol. The lowest BCUT2D eigenvalue weighted by molar-refractivity contribution is -0.274. The molecule has 0 aliphatic heterocycles. The number of carboxylic acid groups (broad SMARTS) is 1. The lowest BCUT2D eigenvalue weighted by Gasteiger charge is -2.28. The predicted molar refractivity (Wildman–Crippen MR) is 132 cm³/mol. The maximum atomic E-state index is 15.0. The highest BCUT2D eigenvalue weighted by Gasteiger charge is 2.36. The highest BCUT2D eigenvalue weighted by molar-refractivity contribution is 5.79. The Hall–Kier alpha value is -4.16. The lowest BCUT2D eigenvalue weighted by atomic mass is 9.78. The SMILES string of the molecule is Cn1cc(F)c(COc2ccc3nc(C4CCCCC4C(=O)O)n(Cc4ccc(OC(F)(F)F)cc4F)c3c2)n1. The minimum absolute atomic E-state index is 0.0552. The Morgan fingerprint density at radius 3 is 2.50 bits per heavy atom. The number of aryl methyl sites for hydroxylation is 1. The fraction of sp³-hybridized carbons (Fsp3) is 0.370. The predicted octanol–water partition coefficient (Wildman–Crippen LogP) is 5.93. The lowest BCUT2D eigenvalue weighted by Crippen LogP contribution is -2.28. The summed E-state index contributed by atoms with van der Waals surface area (Å²) in [5.74, 6) is -3.47. The Balaban J connectivity index is 1.53. The molecule has 0 bridgehead atoms. The van der Waals surface area contributed by atoms with Crippen molar-refractivity contribution in [3.63, 3.8) is 0 Å². The van der Waals surface area contributed by atoms with Crippen molar-refractivity contribution in [3.8, 4) is 11.5 Å². The minimum Gasteiger partial charge on any atom is -0.487 e. The van der Waals surface area contributed by atoms with Crippen LogP contribution in [0.15, 0.2) is 42.6 Å². The summed E-state index contributed by atoms with van der Waals surface area (Å²) in [6.45, 7) is -0.288. The van der Waals surface area contributed by atoms with Crippen LogP contribution < -0.4 is 9.47 Å². The number of hydrogen-bond acceptors (Lipinski definition) is 5. The summed E-state index contributed by atoms with van der Waals surface area (Å²) in [5, 5.41) is 13.9. The monoisotopic (exact) mass is 564 g/mol. The van der Waals surface area contributed by atoms with Crippen LogP contribution in [0, 0.1) is 17.6 Å². The molecule has 1 fully saturated rings. The molecule has 0 spiro atoms. The van der Waals surface area contributed by atoms with Crippen molar-refractivity contribution in [1.82, 2.24) is 19.3 Å². The molecule has 0 amide bonds. The van der Waals surface area contributed by atoms with Gasteiger partial charge in [0.05, 0.1) is 29.7 Å². The molecule has 1 aliphatic rings. The van der Waals surface area contributed by atoms with Crippen molar-refractivity contribution in [3.05, 3.63) is 71.3 Å². The fourth-order valence-electron chi connectivity index (χ4n) is 5.17. The van der Waals surface area contributed by atoms with Gasteiger partial charge >= 0.3 is 12.3 Å². The minimum atomic E-state index is -4.97. The van der Waals surface area contributed by atoms with E-state index in [9.17, 15) is 31.9 Å². The summed E-state index contributed by atoms with van der Waals surface area (Å²) in [5.41, 5.74) is 1.16. The number of imidazole rings is 1. The Morgan fingerprint density at radius 2 is 1.82 bits per heavy atom. The first kappa shape index (κ1) is 27.4. The maximum Gasteiger partial charge on any atom is 0.573 e. The second-order valence-electron chi connectivity index (χ2n) is 9.73. The zero-order valence-corrected chi connectivity index (χ0v) is 21.3. The normalized spacial score (nSPS) is 17.8. The molecule has 2 heterocycles. The molecule has 40 heavy (non-hydrogen) atoms. The molecular formula is C27H25F5N4O4. The Kier molecular flexibility index (Phi) is 7.39. The molecule has 13 heteroatoms. The number of alkyl halides is 3. The summed E-state index contributed by atoms with van der Waals surface area (Å²) in [4.78, 5) is 16.8. The first-order chi connectivity index (χ1) is 19.0. The third-order valence-corrected chi connectivity index (χ3v) is 6.98. The third kappa shape index (κ3) is 5.87. The second-order valence-corrected chi connectivity index (χ2v) is 9.73. The number of carboxylic acids is 1. The van der Waals surface area contributed by atoms with Crippen molar-refractivity contribution in [2.75, 3.05) is 0 Å². The van der Waals surface area contributed by atoms with E-state index in [1.807, 2.05) is 0 Å². The number of ether oxygens (including phenoxy) is 2. The summed E-state index contributed by atoms with van der Waals surface area (Å²) >= 11 is 0. The van der Waals surface area contributed by atoms with E-state index >= 15 is 0 Å². The van der Waals surface area contributed by atoms with E-state index in [-0.39, 0.29) is 24.4 Å². The summed E-state index contributed by atoms with van der Waals surface area (Å²) in [6.07, 6.45) is -1.19. The van der Waals surface area contributed by atoms with Gasteiger partial charge < -0.3 is 19.1 Å². The van der Waals surface area contributed by atoms with Crippen molar-refractivity contribution in [2.45, 2.75) is 51.1 Å². The molecule has 2 aromatic carbocycles. The van der Waals surface area contributed by atoms with Gasteiger partial charge in [-0.15, -0.1) is 13.2 Å². The van der Waals surface area contributed by atoms with E-state index in [4.69, 9.17) is 9.72 Å². The number of fused-ring (bicyclic) bond motifs is 1. The van der Waals surface area contributed by atoms with Crippen LogP contribution in [-0.2, 0) is 25.0 Å². The Labute approximate surface area is 224 Å². The van der Waals surface area contributed by atoms with Crippen LogP contribution in [-0.4, -0.2) is 36.8 Å². The smallest absolute Gasteiger partial charge is 0.487 e. The molecule has 1 saturated carbocycles. The molecule has 2 unspecified atom stereocenters. The molecular weight excluding hydrogens is 539 g/mol. The second kappa shape index (κ2) is 10.8. The number of benzene rings is 2. The van der Waals surface area contributed by atoms with E-state index < -0.39 is 41.6 Å². The third-order valence-electron chi connectivity index (χ3n) is 6.98. The van der Waals surface area contributed by atoms with Crippen molar-refractivity contribution >= 4 is 17.0 Å². The van der Waals surface area contributed by atoms with Crippen LogP contribution in [0.3, 0.4) is 0 Å². The average Bonchev–Trinajstić information content (AvgIpc) is 3.41. The van der Waals surface area contributed by atoms with Gasteiger partial charge in [-0.25, -0.2) is 13.8 Å². The standard InChI is InChI=1S/C27H25F5N4O4/c1-35-13-21(29)23(34-35)14-39-16-8-9-22-24(11-16)36(25(33-22)18-4-2-3-5-19(18)26(37)38)12-15-6-7-17(10-20(15)28)40-27(30,31)32/h6-11,13,18-19H,2-5,12,14H2,1H3,(H,37,38). The zero-order valence-electron chi connectivity index (χ0n) is 21.3. The fourth-order valence-corrected chi connectivity index (χ4v) is 5.17. The topological polar surface area (TPSA) is 91.4 Å². The van der Waals surface area contributed by atoms with E-state index in [1.54, 1.807) is 29.8 Å². The molecule has 2 aromatic heterocycles. The molecule has 212 valence electrons. The number of halogens is 5. The first-order valence-electron chi connectivity index (χ1n) is 12.6. The van der Waals surface area contributed by atoms with Crippen molar-refractivity contribution < 1.29 is 41.3 Å². The van der Waals surface area contributed by atoms with Gasteiger partial charge in [0.1, 0.15) is 35.4 Å². The van der Waals surface area contributed by atoms with Crippen LogP contribution in [0.1, 0.15) is 48.7 Å². The van der Waals surface area contributed by atoms with Crippen LogP contribution in [0.5, 0.6) is 11.5 Å². The Bertz CT molecular complexity index is 1550. The molecule has 0 radical (unpaired) electrons. The molecule has 5 rings (SSSR count). The number of nitrogens with zero attached hydrogens (tertiary/aromatic N) is 4.